The molecule has 3 N–H and O–H groups in total. The fourth-order valence-electron chi connectivity index (χ4n) is 5.92. The van der Waals surface area contributed by atoms with E-state index >= 15 is 0 Å². The number of hydrogen-bond donors (Lipinski definition) is 2. The lowest BCUT2D eigenvalue weighted by Crippen LogP contribution is -2.67. The molecule has 1 aliphatic rings. The number of methoxy groups -OCH3 is 1. The number of nitrogens with one attached hydrogen (secondary N) is 1. The average molecular weight is 685 g/mol. The summed E-state index contributed by atoms with van der Waals surface area (Å²) in [5, 5.41) is 2.68. The van der Waals surface area contributed by atoms with Crippen molar-refractivity contribution in [2.24, 2.45) is 5.73 Å². The second-order valence-corrected chi connectivity index (χ2v) is 11.9. The molecule has 3 rings (SSSR count). The van der Waals surface area contributed by atoms with Crippen LogP contribution in [0.15, 0.2) is 42.5 Å². The van der Waals surface area contributed by atoms with Crippen LogP contribution >= 0.6 is 0 Å². The van der Waals surface area contributed by atoms with Crippen LogP contribution in [-0.4, -0.2) is 85.5 Å². The topological polar surface area (TPSA) is 196 Å². The van der Waals surface area contributed by atoms with Gasteiger partial charge in [0.05, 0.1) is 19.7 Å². The lowest BCUT2D eigenvalue weighted by molar-refractivity contribution is -0.238. The standard InChI is InChI=1S/C35H44N2O12/c1-19-15-26(16-20(2)30(19)47-23(5)40)33(42)37-18-28(46-22(4)39)31(48-24(6)41)32-29(36)27(45-21(3)38)17-35(49-32,34(43)44-7)14-13-25-11-9-8-10-12-25/h8-12,15-16,27-29,31-32H,13-14,17-18,36H2,1-7H3,(H,37,42)/t27-,28+,29+,31+,32+,35+/m0/s1. The molecule has 0 radical (unpaired) electrons. The highest BCUT2D eigenvalue weighted by Gasteiger charge is 2.56. The number of carbonyl (C=O) groups is 6. The third kappa shape index (κ3) is 10.3. The highest BCUT2D eigenvalue weighted by Crippen LogP contribution is 2.38. The quantitative estimate of drug-likeness (QED) is 0.178. The van der Waals surface area contributed by atoms with Crippen molar-refractivity contribution in [1.82, 2.24) is 5.32 Å². The molecular formula is C35H44N2O12. The molecule has 0 aromatic heterocycles. The Hall–Kier alpha value is -4.82. The Bertz CT molecular complexity index is 1520. The summed E-state index contributed by atoms with van der Waals surface area (Å²) in [6.45, 7) is 7.66. The van der Waals surface area contributed by atoms with Crippen LogP contribution in [0.5, 0.6) is 5.75 Å². The van der Waals surface area contributed by atoms with Gasteiger partial charge in [-0.3, -0.25) is 24.0 Å². The highest BCUT2D eigenvalue weighted by atomic mass is 16.6. The van der Waals surface area contributed by atoms with Gasteiger partial charge in [-0.05, 0) is 55.5 Å². The maximum atomic E-state index is 13.5. The molecule has 0 unspecified atom stereocenters. The van der Waals surface area contributed by atoms with Gasteiger partial charge in [-0.1, -0.05) is 30.3 Å². The molecule has 1 amide bonds. The Kier molecular flexibility index (Phi) is 13.4. The summed E-state index contributed by atoms with van der Waals surface area (Å²) < 4.78 is 33.6. The fraction of sp³-hybridized carbons (Fsp3) is 0.486. The maximum Gasteiger partial charge on any atom is 0.338 e. The second-order valence-electron chi connectivity index (χ2n) is 11.9. The molecule has 1 fully saturated rings. The molecule has 2 aromatic carbocycles. The number of ether oxygens (including phenoxy) is 6. The number of rotatable bonds is 13. The Morgan fingerprint density at radius 3 is 2.06 bits per heavy atom. The summed E-state index contributed by atoms with van der Waals surface area (Å²) in [6, 6.07) is 11.1. The Morgan fingerprint density at radius 2 is 1.53 bits per heavy atom. The van der Waals surface area contributed by atoms with E-state index in [0.29, 0.717) is 23.3 Å². The van der Waals surface area contributed by atoms with E-state index in [1.54, 1.807) is 13.8 Å². The van der Waals surface area contributed by atoms with Crippen LogP contribution in [0.4, 0.5) is 0 Å². The zero-order chi connectivity index (χ0) is 36.5. The van der Waals surface area contributed by atoms with Crippen LogP contribution in [-0.2, 0) is 54.1 Å². The van der Waals surface area contributed by atoms with E-state index < -0.39 is 71.8 Å². The van der Waals surface area contributed by atoms with Gasteiger partial charge in [-0.25, -0.2) is 4.79 Å². The number of nitrogens with two attached hydrogens (primary N) is 1. The fourth-order valence-corrected chi connectivity index (χ4v) is 5.92. The Balaban J connectivity index is 2.02. The summed E-state index contributed by atoms with van der Waals surface area (Å²) in [5.74, 6) is -3.82. The summed E-state index contributed by atoms with van der Waals surface area (Å²) in [7, 11) is 1.18. The molecule has 0 aliphatic carbocycles. The van der Waals surface area contributed by atoms with E-state index in [0.717, 1.165) is 19.4 Å². The number of aryl methyl sites for hydroxylation is 3. The van der Waals surface area contributed by atoms with Gasteiger partial charge in [-0.15, -0.1) is 0 Å². The first-order chi connectivity index (χ1) is 23.1. The molecule has 1 saturated heterocycles. The number of amides is 1. The zero-order valence-corrected chi connectivity index (χ0v) is 28.7. The van der Waals surface area contributed by atoms with Gasteiger partial charge in [-0.2, -0.15) is 0 Å². The van der Waals surface area contributed by atoms with Crippen molar-refractivity contribution in [3.8, 4) is 5.75 Å². The van der Waals surface area contributed by atoms with Gasteiger partial charge >= 0.3 is 29.8 Å². The first kappa shape index (κ1) is 38.6. The van der Waals surface area contributed by atoms with Crippen molar-refractivity contribution in [3.63, 3.8) is 0 Å². The van der Waals surface area contributed by atoms with Gasteiger partial charge in [0.2, 0.25) is 0 Å². The minimum absolute atomic E-state index is 0.0640. The van der Waals surface area contributed by atoms with Crippen molar-refractivity contribution in [2.45, 2.75) is 96.9 Å². The third-order valence-corrected chi connectivity index (χ3v) is 7.98. The lowest BCUT2D eigenvalue weighted by Gasteiger charge is -2.48. The molecule has 0 saturated carbocycles. The van der Waals surface area contributed by atoms with Crippen molar-refractivity contribution in [3.05, 3.63) is 64.7 Å². The molecular weight excluding hydrogens is 640 g/mol. The number of hydrogen-bond acceptors (Lipinski definition) is 13. The van der Waals surface area contributed by atoms with E-state index in [9.17, 15) is 28.8 Å². The lowest BCUT2D eigenvalue weighted by atomic mass is 9.80. The van der Waals surface area contributed by atoms with Crippen LogP contribution in [0, 0.1) is 13.8 Å². The molecule has 6 atom stereocenters. The maximum absolute atomic E-state index is 13.5. The van der Waals surface area contributed by atoms with Crippen molar-refractivity contribution in [1.29, 1.82) is 0 Å². The average Bonchev–Trinajstić information content (AvgIpc) is 3.03. The summed E-state index contributed by atoms with van der Waals surface area (Å²) in [6.07, 6.45) is -5.15. The van der Waals surface area contributed by atoms with Crippen molar-refractivity contribution < 1.29 is 57.2 Å². The third-order valence-electron chi connectivity index (χ3n) is 7.98. The molecule has 0 bridgehead atoms. The largest absolute Gasteiger partial charge is 0.467 e. The predicted octanol–water partition coefficient (Wildman–Crippen LogP) is 2.41. The van der Waals surface area contributed by atoms with Gasteiger partial charge < -0.3 is 39.5 Å². The molecule has 1 heterocycles. The van der Waals surface area contributed by atoms with E-state index in [1.165, 1.54) is 33.1 Å². The molecule has 1 aliphatic heterocycles. The first-order valence-corrected chi connectivity index (χ1v) is 15.7. The Morgan fingerprint density at radius 1 is 0.918 bits per heavy atom. The molecule has 266 valence electrons. The highest BCUT2D eigenvalue weighted by molar-refractivity contribution is 5.95. The second kappa shape index (κ2) is 17.0. The number of benzene rings is 2. The molecule has 0 spiro atoms. The normalized spacial score (nSPS) is 21.3. The van der Waals surface area contributed by atoms with Crippen LogP contribution in [0.25, 0.3) is 0 Å². The molecule has 2 aromatic rings. The van der Waals surface area contributed by atoms with Crippen LogP contribution < -0.4 is 15.8 Å². The minimum atomic E-state index is -1.73. The predicted molar refractivity (Wildman–Crippen MR) is 173 cm³/mol. The minimum Gasteiger partial charge on any atom is -0.467 e. The molecule has 14 heteroatoms. The van der Waals surface area contributed by atoms with E-state index in [1.807, 2.05) is 30.3 Å². The molecule has 49 heavy (non-hydrogen) atoms. The van der Waals surface area contributed by atoms with E-state index in [2.05, 4.69) is 5.32 Å². The SMILES string of the molecule is COC(=O)[C@@]1(CCc2ccccc2)C[C@H](OC(C)=O)[C@@H](N)[C@H]([C@H](OC(C)=O)[C@@H](CNC(=O)c2cc(C)c(OC(C)=O)c(C)c2)OC(C)=O)O1. The monoisotopic (exact) mass is 684 g/mol. The van der Waals surface area contributed by atoms with Crippen molar-refractivity contribution >= 4 is 35.8 Å². The first-order valence-electron chi connectivity index (χ1n) is 15.7. The van der Waals surface area contributed by atoms with Gasteiger partial charge in [0, 0.05) is 39.7 Å². The van der Waals surface area contributed by atoms with Gasteiger partial charge in [0.25, 0.3) is 5.91 Å². The smallest absolute Gasteiger partial charge is 0.338 e. The Labute approximate surface area is 284 Å². The number of esters is 5. The number of carbonyl (C=O) groups excluding carboxylic acids is 6. The van der Waals surface area contributed by atoms with Crippen LogP contribution in [0.3, 0.4) is 0 Å². The zero-order valence-electron chi connectivity index (χ0n) is 28.7. The van der Waals surface area contributed by atoms with Crippen LogP contribution in [0.1, 0.15) is 67.6 Å². The van der Waals surface area contributed by atoms with E-state index in [4.69, 9.17) is 34.2 Å². The summed E-state index contributed by atoms with van der Waals surface area (Å²) in [5.41, 5.74) is 7.03. The van der Waals surface area contributed by atoms with Gasteiger partial charge in [0.15, 0.2) is 17.8 Å². The van der Waals surface area contributed by atoms with E-state index in [-0.39, 0.29) is 24.9 Å². The summed E-state index contributed by atoms with van der Waals surface area (Å²) >= 11 is 0. The van der Waals surface area contributed by atoms with Crippen molar-refractivity contribution in [2.75, 3.05) is 13.7 Å². The summed E-state index contributed by atoms with van der Waals surface area (Å²) in [4.78, 5) is 75.4. The molecule has 14 nitrogen and oxygen atoms in total. The van der Waals surface area contributed by atoms with Crippen LogP contribution in [0.2, 0.25) is 0 Å². The van der Waals surface area contributed by atoms with Gasteiger partial charge in [0.1, 0.15) is 18.0 Å².